The fourth-order valence-electron chi connectivity index (χ4n) is 4.34. The number of carbonyl (C=O) groups excluding carboxylic acids is 2. The number of amidine groups is 1. The van der Waals surface area contributed by atoms with Crippen LogP contribution >= 0.6 is 46.5 Å². The number of nitrogens with zero attached hydrogens (tertiary/aromatic N) is 3. The second-order valence-corrected chi connectivity index (χ2v) is 13.7. The molecule has 1 aromatic heterocycles. The Balaban J connectivity index is 1.19. The number of aromatic nitrogens is 1. The molecule has 2 heterocycles. The quantitative estimate of drug-likeness (QED) is 0.101. The first-order chi connectivity index (χ1) is 21.6. The smallest absolute Gasteiger partial charge is 0.283 e. The van der Waals surface area contributed by atoms with Crippen LogP contribution in [0.2, 0.25) is 5.02 Å². The second-order valence-electron chi connectivity index (χ2n) is 9.93. The van der Waals surface area contributed by atoms with E-state index in [1.807, 2.05) is 32.0 Å². The number of amides is 2. The van der Waals surface area contributed by atoms with Crippen LogP contribution in [-0.4, -0.2) is 26.9 Å². The molecular formula is C32H22ClN5O4S3. The van der Waals surface area contributed by atoms with E-state index in [0.717, 1.165) is 33.1 Å². The van der Waals surface area contributed by atoms with E-state index in [9.17, 15) is 19.7 Å². The molecular weight excluding hydrogens is 650 g/mol. The Bertz CT molecular complexity index is 2080. The fourth-order valence-corrected chi connectivity index (χ4v) is 7.49. The Kier molecular flexibility index (Phi) is 8.72. The Hall–Kier alpha value is -4.49. The lowest BCUT2D eigenvalue weighted by atomic mass is 10.1. The molecule has 6 rings (SSSR count). The first-order valence-electron chi connectivity index (χ1n) is 13.4. The van der Waals surface area contributed by atoms with Gasteiger partial charge in [-0.3, -0.25) is 19.7 Å². The molecule has 1 aliphatic heterocycles. The summed E-state index contributed by atoms with van der Waals surface area (Å²) in [4.78, 5) is 46.8. The number of carbonyl (C=O) groups is 2. The van der Waals surface area contributed by atoms with E-state index in [0.29, 0.717) is 46.8 Å². The third-order valence-electron chi connectivity index (χ3n) is 6.73. The zero-order valence-corrected chi connectivity index (χ0v) is 26.9. The minimum atomic E-state index is -0.451. The number of aliphatic imine (C=N–C) groups is 1. The van der Waals surface area contributed by atoms with Gasteiger partial charge < -0.3 is 10.6 Å². The van der Waals surface area contributed by atoms with Gasteiger partial charge in [0.15, 0.2) is 9.51 Å². The van der Waals surface area contributed by atoms with Crippen molar-refractivity contribution in [2.75, 3.05) is 5.32 Å². The molecule has 4 aromatic carbocycles. The van der Waals surface area contributed by atoms with Crippen LogP contribution in [0, 0.1) is 24.0 Å². The van der Waals surface area contributed by atoms with Crippen molar-refractivity contribution in [2.45, 2.75) is 23.1 Å². The lowest BCUT2D eigenvalue weighted by Crippen LogP contribution is -2.19. The molecule has 0 saturated carbocycles. The molecule has 0 radical (unpaired) electrons. The number of hydrogen-bond acceptors (Lipinski definition) is 9. The van der Waals surface area contributed by atoms with Gasteiger partial charge in [0, 0.05) is 22.3 Å². The number of aryl methyl sites for hydroxylation is 1. The van der Waals surface area contributed by atoms with E-state index >= 15 is 0 Å². The second kappa shape index (κ2) is 12.9. The lowest BCUT2D eigenvalue weighted by molar-refractivity contribution is -0.387. The summed E-state index contributed by atoms with van der Waals surface area (Å²) >= 11 is 9.89. The highest BCUT2D eigenvalue weighted by Gasteiger charge is 2.25. The molecule has 0 atom stereocenters. The van der Waals surface area contributed by atoms with Crippen molar-refractivity contribution in [1.82, 2.24) is 10.3 Å². The summed E-state index contributed by atoms with van der Waals surface area (Å²) < 4.78 is 1.45. The molecule has 13 heteroatoms. The van der Waals surface area contributed by atoms with E-state index < -0.39 is 4.92 Å². The third-order valence-corrected chi connectivity index (χ3v) is 10.2. The van der Waals surface area contributed by atoms with Gasteiger partial charge in [-0.2, -0.15) is 0 Å². The molecule has 0 unspecified atom stereocenters. The molecule has 9 nitrogen and oxygen atoms in total. The number of thiazole rings is 1. The third kappa shape index (κ3) is 6.94. The number of benzene rings is 4. The van der Waals surface area contributed by atoms with E-state index in [-0.39, 0.29) is 17.5 Å². The maximum absolute atomic E-state index is 12.6. The number of hydrogen-bond donors (Lipinski definition) is 2. The first kappa shape index (κ1) is 30.5. The molecule has 224 valence electrons. The number of fused-ring (bicyclic) bond motifs is 1. The molecule has 5 aromatic rings. The number of rotatable bonds is 7. The van der Waals surface area contributed by atoms with Gasteiger partial charge in [-0.05, 0) is 91.3 Å². The molecule has 1 saturated heterocycles. The van der Waals surface area contributed by atoms with Gasteiger partial charge in [-0.25, -0.2) is 9.98 Å². The van der Waals surface area contributed by atoms with Gasteiger partial charge in [0.2, 0.25) is 0 Å². The summed E-state index contributed by atoms with van der Waals surface area (Å²) in [5, 5.41) is 18.6. The number of nitro groups is 1. The summed E-state index contributed by atoms with van der Waals surface area (Å²) in [6.45, 7) is 3.80. The molecule has 1 fully saturated rings. The topological polar surface area (TPSA) is 127 Å². The normalized spacial score (nSPS) is 14.7. The lowest BCUT2D eigenvalue weighted by Gasteiger charge is -2.05. The van der Waals surface area contributed by atoms with E-state index in [4.69, 9.17) is 11.6 Å². The van der Waals surface area contributed by atoms with Gasteiger partial charge in [-0.15, -0.1) is 11.3 Å². The molecule has 0 bridgehead atoms. The van der Waals surface area contributed by atoms with Crippen LogP contribution in [0.1, 0.15) is 27.0 Å². The maximum Gasteiger partial charge on any atom is 0.283 e. The predicted octanol–water partition coefficient (Wildman–Crippen LogP) is 8.77. The number of anilines is 1. The van der Waals surface area contributed by atoms with Gasteiger partial charge >= 0.3 is 0 Å². The van der Waals surface area contributed by atoms with Crippen LogP contribution in [0.25, 0.3) is 16.3 Å². The Labute approximate surface area is 275 Å². The Morgan fingerprint density at radius 3 is 2.67 bits per heavy atom. The Morgan fingerprint density at radius 1 is 1.09 bits per heavy atom. The van der Waals surface area contributed by atoms with Crippen molar-refractivity contribution < 1.29 is 14.5 Å². The number of halogens is 1. The molecule has 2 amide bonds. The molecule has 2 N–H and O–H groups in total. The number of nitrogens with one attached hydrogen (secondary N) is 2. The van der Waals surface area contributed by atoms with Crippen LogP contribution in [0.3, 0.4) is 0 Å². The Morgan fingerprint density at radius 2 is 1.89 bits per heavy atom. The van der Waals surface area contributed by atoms with Gasteiger partial charge in [0.1, 0.15) is 0 Å². The summed E-state index contributed by atoms with van der Waals surface area (Å²) in [5.41, 5.74) is 4.80. The van der Waals surface area contributed by atoms with Crippen LogP contribution in [0.5, 0.6) is 0 Å². The average molecular weight is 672 g/mol. The minimum Gasteiger partial charge on any atom is -0.322 e. The van der Waals surface area contributed by atoms with Crippen LogP contribution < -0.4 is 10.6 Å². The molecule has 0 spiro atoms. The van der Waals surface area contributed by atoms with Crippen molar-refractivity contribution in [2.24, 2.45) is 4.99 Å². The fraction of sp³-hybridized carbons (Fsp3) is 0.0625. The van der Waals surface area contributed by atoms with Crippen molar-refractivity contribution in [3.05, 3.63) is 121 Å². The molecule has 0 aliphatic carbocycles. The summed E-state index contributed by atoms with van der Waals surface area (Å²) in [6, 6.07) is 22.9. The maximum atomic E-state index is 12.6. The van der Waals surface area contributed by atoms with E-state index in [2.05, 4.69) is 20.6 Å². The average Bonchev–Trinajstić information content (AvgIpc) is 3.57. The van der Waals surface area contributed by atoms with E-state index in [1.54, 1.807) is 60.7 Å². The zero-order chi connectivity index (χ0) is 31.7. The van der Waals surface area contributed by atoms with Crippen LogP contribution in [0.15, 0.2) is 98.0 Å². The minimum absolute atomic E-state index is 0.105. The first-order valence-corrected chi connectivity index (χ1v) is 16.3. The van der Waals surface area contributed by atoms with Crippen molar-refractivity contribution in [3.63, 3.8) is 0 Å². The van der Waals surface area contributed by atoms with Crippen molar-refractivity contribution in [3.8, 4) is 0 Å². The van der Waals surface area contributed by atoms with Crippen molar-refractivity contribution >= 4 is 96.8 Å². The highest BCUT2D eigenvalue weighted by Crippen LogP contribution is 2.40. The van der Waals surface area contributed by atoms with Gasteiger partial charge in [0.05, 0.1) is 30.6 Å². The van der Waals surface area contributed by atoms with Crippen molar-refractivity contribution in [1.29, 1.82) is 0 Å². The molecule has 1 aliphatic rings. The highest BCUT2D eigenvalue weighted by atomic mass is 35.5. The monoisotopic (exact) mass is 671 g/mol. The summed E-state index contributed by atoms with van der Waals surface area (Å²) in [6.07, 6.45) is 1.60. The standard InChI is InChI=1S/C32H22ClN5O4S3/c1-17-6-9-20(10-7-17)29(39)34-21-11-12-24-27(16-21)45-32(36-24)44-26-13-8-19(14-25(26)38(41)42)15-28-30(40)37-31(43-28)35-23-5-3-4-22(33)18(23)2/h3-16H,1-2H3,(H,34,39)(H,35,37,40)/b28-15-. The summed E-state index contributed by atoms with van der Waals surface area (Å²) in [7, 11) is 0. The van der Waals surface area contributed by atoms with Crippen LogP contribution in [-0.2, 0) is 4.79 Å². The largest absolute Gasteiger partial charge is 0.322 e. The van der Waals surface area contributed by atoms with Gasteiger partial charge in [0.25, 0.3) is 17.5 Å². The predicted molar refractivity (Wildman–Crippen MR) is 183 cm³/mol. The highest BCUT2D eigenvalue weighted by molar-refractivity contribution is 8.18. The van der Waals surface area contributed by atoms with Gasteiger partial charge in [-0.1, -0.05) is 53.2 Å². The van der Waals surface area contributed by atoms with Crippen LogP contribution in [0.4, 0.5) is 17.1 Å². The summed E-state index contributed by atoms with van der Waals surface area (Å²) in [5.74, 6) is -0.559. The SMILES string of the molecule is Cc1ccc(C(=O)Nc2ccc3nc(Sc4ccc(/C=C5\SC(=Nc6cccc(Cl)c6C)NC5=O)cc4[N+](=O)[O-])sc3c2)cc1. The van der Waals surface area contributed by atoms with E-state index in [1.165, 1.54) is 29.2 Å². The number of nitro benzene ring substituents is 1. The zero-order valence-electron chi connectivity index (χ0n) is 23.7. The molecule has 45 heavy (non-hydrogen) atoms. The number of thioether (sulfide) groups is 1.